The summed E-state index contributed by atoms with van der Waals surface area (Å²) in [7, 11) is 0. The Bertz CT molecular complexity index is 1490. The van der Waals surface area contributed by atoms with Crippen molar-refractivity contribution in [3.63, 3.8) is 0 Å². The van der Waals surface area contributed by atoms with Gasteiger partial charge >= 0.3 is 6.18 Å². The van der Waals surface area contributed by atoms with Gasteiger partial charge in [0.2, 0.25) is 0 Å². The summed E-state index contributed by atoms with van der Waals surface area (Å²) in [4.78, 5) is 32.8. The third-order valence-electron chi connectivity index (χ3n) is 6.32. The van der Waals surface area contributed by atoms with Gasteiger partial charge in [0.05, 0.1) is 29.3 Å². The molecule has 0 atom stereocenters. The number of alkyl halides is 3. The normalized spacial score (nSPS) is 13.8. The number of aromatic amines is 1. The number of amides is 1. The standard InChI is InChI=1S/C24H23F3N8O3/c1-2-14-15(23(37)31-9-13-7-28-8-13)3-4-17(19(14)38-12-36)33-21-22-30-11-18(35(22)6-5-29-21)16-10-32-34-20(16)24(25,26)27/h3-6,10-13,28H,2,7-9H2,1H3,(H,29,33)(H,31,37)(H,32,34). The van der Waals surface area contributed by atoms with Crippen LogP contribution in [0.25, 0.3) is 16.9 Å². The van der Waals surface area contributed by atoms with E-state index in [2.05, 4.69) is 31.0 Å². The molecule has 0 unspecified atom stereocenters. The number of halogens is 3. The Labute approximate surface area is 213 Å². The first kappa shape index (κ1) is 25.2. The second kappa shape index (κ2) is 10.1. The van der Waals surface area contributed by atoms with Crippen LogP contribution < -0.4 is 20.7 Å². The molecule has 0 radical (unpaired) electrons. The maximum atomic E-state index is 13.4. The van der Waals surface area contributed by atoms with E-state index >= 15 is 0 Å². The van der Waals surface area contributed by atoms with Gasteiger partial charge in [-0.15, -0.1) is 0 Å². The second-order valence-electron chi connectivity index (χ2n) is 8.66. The molecule has 0 bridgehead atoms. The van der Waals surface area contributed by atoms with E-state index in [1.54, 1.807) is 12.1 Å². The molecule has 0 spiro atoms. The van der Waals surface area contributed by atoms with Crippen LogP contribution in [-0.4, -0.2) is 56.6 Å². The fourth-order valence-electron chi connectivity index (χ4n) is 4.33. The average Bonchev–Trinajstić information content (AvgIpc) is 3.51. The zero-order valence-corrected chi connectivity index (χ0v) is 20.1. The van der Waals surface area contributed by atoms with E-state index in [4.69, 9.17) is 4.74 Å². The topological polar surface area (TPSA) is 138 Å². The van der Waals surface area contributed by atoms with Gasteiger partial charge in [-0.3, -0.25) is 19.1 Å². The lowest BCUT2D eigenvalue weighted by atomic mass is 10.0. The molecule has 11 nitrogen and oxygen atoms in total. The minimum absolute atomic E-state index is 0.144. The van der Waals surface area contributed by atoms with E-state index in [1.807, 2.05) is 12.0 Å². The van der Waals surface area contributed by atoms with Gasteiger partial charge in [0.1, 0.15) is 5.69 Å². The monoisotopic (exact) mass is 528 g/mol. The van der Waals surface area contributed by atoms with Crippen LogP contribution in [0.3, 0.4) is 0 Å². The first-order chi connectivity index (χ1) is 18.3. The molecule has 1 fully saturated rings. The molecule has 4 N–H and O–H groups in total. The molecule has 0 aliphatic carbocycles. The highest BCUT2D eigenvalue weighted by molar-refractivity contribution is 5.97. The molecule has 38 heavy (non-hydrogen) atoms. The fourth-order valence-corrected chi connectivity index (χ4v) is 4.33. The number of anilines is 2. The quantitative estimate of drug-likeness (QED) is 0.243. The summed E-state index contributed by atoms with van der Waals surface area (Å²) in [6.07, 6.45) is 0.985. The molecule has 1 amide bonds. The Balaban J connectivity index is 1.50. The van der Waals surface area contributed by atoms with Crippen LogP contribution in [0, 0.1) is 5.92 Å². The van der Waals surface area contributed by atoms with Crippen LogP contribution in [0.2, 0.25) is 0 Å². The maximum Gasteiger partial charge on any atom is 0.433 e. The van der Waals surface area contributed by atoms with Crippen molar-refractivity contribution in [2.75, 3.05) is 25.0 Å². The Kier molecular flexibility index (Phi) is 6.72. The predicted octanol–water partition coefficient (Wildman–Crippen LogP) is 2.93. The van der Waals surface area contributed by atoms with E-state index < -0.39 is 11.9 Å². The van der Waals surface area contributed by atoms with Crippen LogP contribution in [0.5, 0.6) is 5.75 Å². The second-order valence-corrected chi connectivity index (χ2v) is 8.66. The molecule has 0 saturated carbocycles. The average molecular weight is 528 g/mol. The summed E-state index contributed by atoms with van der Waals surface area (Å²) in [5, 5.41) is 14.6. The van der Waals surface area contributed by atoms with E-state index in [0.717, 1.165) is 19.3 Å². The van der Waals surface area contributed by atoms with Gasteiger partial charge in [-0.2, -0.15) is 18.3 Å². The minimum Gasteiger partial charge on any atom is -0.426 e. The SMILES string of the molecule is CCc1c(C(=O)NCC2CNC2)ccc(Nc2nccn3c(-c4cn[nH]c4C(F)(F)F)cnc23)c1OC=O. The summed E-state index contributed by atoms with van der Waals surface area (Å²) < 4.78 is 47.0. The Morgan fingerprint density at radius 1 is 1.26 bits per heavy atom. The summed E-state index contributed by atoms with van der Waals surface area (Å²) in [6, 6.07) is 3.19. The number of hydrogen-bond acceptors (Lipinski definition) is 8. The van der Waals surface area contributed by atoms with Gasteiger partial charge < -0.3 is 20.7 Å². The fraction of sp³-hybridized carbons (Fsp3) is 0.292. The van der Waals surface area contributed by atoms with E-state index in [0.29, 0.717) is 35.7 Å². The number of carbonyl (C=O) groups excluding carboxylic acids is 2. The van der Waals surface area contributed by atoms with Crippen molar-refractivity contribution in [3.8, 4) is 17.0 Å². The molecule has 14 heteroatoms. The number of ether oxygens (including phenoxy) is 1. The highest BCUT2D eigenvalue weighted by Gasteiger charge is 2.36. The van der Waals surface area contributed by atoms with Gasteiger partial charge in [0.25, 0.3) is 12.4 Å². The van der Waals surface area contributed by atoms with Crippen molar-refractivity contribution in [2.45, 2.75) is 19.5 Å². The summed E-state index contributed by atoms with van der Waals surface area (Å²) >= 11 is 0. The number of carbonyl (C=O) groups is 2. The van der Waals surface area contributed by atoms with Crippen LogP contribution in [0.15, 0.2) is 36.9 Å². The van der Waals surface area contributed by atoms with Gasteiger partial charge in [-0.1, -0.05) is 6.92 Å². The molecule has 198 valence electrons. The van der Waals surface area contributed by atoms with Crippen molar-refractivity contribution in [3.05, 3.63) is 53.7 Å². The maximum absolute atomic E-state index is 13.4. The van der Waals surface area contributed by atoms with Gasteiger partial charge in [-0.25, -0.2) is 9.97 Å². The van der Waals surface area contributed by atoms with Gasteiger partial charge in [-0.05, 0) is 18.6 Å². The lowest BCUT2D eigenvalue weighted by molar-refractivity contribution is -0.140. The van der Waals surface area contributed by atoms with Crippen molar-refractivity contribution < 1.29 is 27.5 Å². The molecule has 1 aliphatic rings. The van der Waals surface area contributed by atoms with Crippen molar-refractivity contribution >= 4 is 29.5 Å². The smallest absolute Gasteiger partial charge is 0.426 e. The molecule has 1 saturated heterocycles. The molecule has 4 heterocycles. The highest BCUT2D eigenvalue weighted by atomic mass is 19.4. The van der Waals surface area contributed by atoms with Crippen LogP contribution in [-0.2, 0) is 17.4 Å². The largest absolute Gasteiger partial charge is 0.433 e. The van der Waals surface area contributed by atoms with Crippen LogP contribution >= 0.6 is 0 Å². The molecular formula is C24H23F3N8O3. The van der Waals surface area contributed by atoms with Crippen LogP contribution in [0.4, 0.5) is 24.7 Å². The molecule has 4 aromatic rings. The third kappa shape index (κ3) is 4.65. The number of nitrogens with one attached hydrogen (secondary N) is 4. The number of imidazole rings is 1. The van der Waals surface area contributed by atoms with E-state index in [-0.39, 0.29) is 40.9 Å². The molecule has 5 rings (SSSR count). The van der Waals surface area contributed by atoms with E-state index in [9.17, 15) is 22.8 Å². The minimum atomic E-state index is -4.63. The summed E-state index contributed by atoms with van der Waals surface area (Å²) in [6.45, 7) is 4.30. The Hall–Kier alpha value is -4.46. The number of aromatic nitrogens is 5. The molecule has 1 aliphatic heterocycles. The van der Waals surface area contributed by atoms with Gasteiger partial charge in [0.15, 0.2) is 17.2 Å². The lowest BCUT2D eigenvalue weighted by Crippen LogP contribution is -2.48. The molecular weight excluding hydrogens is 505 g/mol. The number of benzene rings is 1. The Morgan fingerprint density at radius 2 is 2.08 bits per heavy atom. The number of hydrogen-bond donors (Lipinski definition) is 4. The zero-order valence-electron chi connectivity index (χ0n) is 20.1. The van der Waals surface area contributed by atoms with Crippen molar-refractivity contribution in [2.24, 2.45) is 5.92 Å². The number of rotatable bonds is 9. The summed E-state index contributed by atoms with van der Waals surface area (Å²) in [5.41, 5.74) is 0.419. The number of fused-ring (bicyclic) bond motifs is 1. The molecule has 3 aromatic heterocycles. The zero-order chi connectivity index (χ0) is 26.9. The van der Waals surface area contributed by atoms with Crippen LogP contribution in [0.1, 0.15) is 28.5 Å². The first-order valence-electron chi connectivity index (χ1n) is 11.8. The van der Waals surface area contributed by atoms with Gasteiger partial charge in [0, 0.05) is 49.1 Å². The number of nitrogens with zero attached hydrogens (tertiary/aromatic N) is 4. The predicted molar refractivity (Wildman–Crippen MR) is 130 cm³/mol. The first-order valence-corrected chi connectivity index (χ1v) is 11.8. The summed E-state index contributed by atoms with van der Waals surface area (Å²) in [5.74, 6) is 0.430. The molecule has 1 aromatic carbocycles. The van der Waals surface area contributed by atoms with Crippen molar-refractivity contribution in [1.82, 2.24) is 35.2 Å². The Morgan fingerprint density at radius 3 is 2.76 bits per heavy atom. The third-order valence-corrected chi connectivity index (χ3v) is 6.32. The van der Waals surface area contributed by atoms with E-state index in [1.165, 1.54) is 23.0 Å². The van der Waals surface area contributed by atoms with Crippen molar-refractivity contribution in [1.29, 1.82) is 0 Å². The highest BCUT2D eigenvalue weighted by Crippen LogP contribution is 2.37. The lowest BCUT2D eigenvalue weighted by Gasteiger charge is -2.27. The number of H-pyrrole nitrogens is 1.